The summed E-state index contributed by atoms with van der Waals surface area (Å²) in [6.45, 7) is 2.02. The molecule has 2 rings (SSSR count). The normalized spacial score (nSPS) is 29.8. The molecule has 0 aromatic carbocycles. The van der Waals surface area contributed by atoms with Gasteiger partial charge in [-0.1, -0.05) is 0 Å². The molecule has 2 atom stereocenters. The first-order chi connectivity index (χ1) is 8.70. The Morgan fingerprint density at radius 1 is 1.28 bits per heavy atom. The summed E-state index contributed by atoms with van der Waals surface area (Å²) in [5.74, 6) is 0.429. The number of carbonyl (C=O) groups excluding carboxylic acids is 1. The zero-order valence-electron chi connectivity index (χ0n) is 10.9. The molecule has 104 valence electrons. The molecule has 1 heterocycles. The molecule has 1 aliphatic carbocycles. The van der Waals surface area contributed by atoms with E-state index in [0.29, 0.717) is 6.61 Å². The molecule has 2 aliphatic rings. The van der Waals surface area contributed by atoms with Gasteiger partial charge in [0.2, 0.25) is 5.91 Å². The highest BCUT2D eigenvalue weighted by molar-refractivity contribution is 5.79. The van der Waals surface area contributed by atoms with Crippen molar-refractivity contribution in [2.45, 2.75) is 44.2 Å². The van der Waals surface area contributed by atoms with Crippen molar-refractivity contribution in [3.63, 3.8) is 0 Å². The van der Waals surface area contributed by atoms with Gasteiger partial charge in [-0.2, -0.15) is 0 Å². The number of hydrogen-bond donors (Lipinski definition) is 2. The Kier molecular flexibility index (Phi) is 4.97. The summed E-state index contributed by atoms with van der Waals surface area (Å²) in [6, 6.07) is 0.212. The fourth-order valence-corrected chi connectivity index (χ4v) is 2.96. The lowest BCUT2D eigenvalue weighted by Crippen LogP contribution is -2.43. The van der Waals surface area contributed by atoms with E-state index in [1.54, 1.807) is 0 Å². The summed E-state index contributed by atoms with van der Waals surface area (Å²) in [5.41, 5.74) is 5.85. The maximum atomic E-state index is 12.3. The van der Waals surface area contributed by atoms with E-state index >= 15 is 0 Å². The Morgan fingerprint density at radius 2 is 2.00 bits per heavy atom. The minimum absolute atomic E-state index is 0.0686. The van der Waals surface area contributed by atoms with Gasteiger partial charge in [-0.25, -0.2) is 0 Å². The number of amides is 1. The predicted molar refractivity (Wildman–Crippen MR) is 68.0 cm³/mol. The Morgan fingerprint density at radius 3 is 2.56 bits per heavy atom. The first kappa shape index (κ1) is 13.8. The molecule has 0 aromatic heterocycles. The molecule has 1 saturated carbocycles. The molecule has 0 aromatic rings. The van der Waals surface area contributed by atoms with E-state index in [1.165, 1.54) is 0 Å². The van der Waals surface area contributed by atoms with E-state index in [0.717, 1.165) is 45.2 Å². The molecule has 1 aliphatic heterocycles. The van der Waals surface area contributed by atoms with Crippen LogP contribution in [0.4, 0.5) is 0 Å². The second-order valence-electron chi connectivity index (χ2n) is 5.39. The molecule has 18 heavy (non-hydrogen) atoms. The molecule has 5 heteroatoms. The topological polar surface area (TPSA) is 75.8 Å². The van der Waals surface area contributed by atoms with Crippen molar-refractivity contribution in [1.82, 2.24) is 4.90 Å². The molecule has 2 fully saturated rings. The van der Waals surface area contributed by atoms with Crippen molar-refractivity contribution in [3.05, 3.63) is 0 Å². The molecule has 1 saturated heterocycles. The zero-order chi connectivity index (χ0) is 13.0. The van der Waals surface area contributed by atoms with Gasteiger partial charge in [0.1, 0.15) is 0 Å². The standard InChI is InChI=1S/C13H24N2O3/c14-11-2-1-10(9-11)13(17)15-5-3-12(4-6-15)18-8-7-16/h10-12,16H,1-9,14H2. The van der Waals surface area contributed by atoms with Crippen LogP contribution in [0.25, 0.3) is 0 Å². The van der Waals surface area contributed by atoms with E-state index in [2.05, 4.69) is 0 Å². The largest absolute Gasteiger partial charge is 0.394 e. The number of hydrogen-bond acceptors (Lipinski definition) is 4. The lowest BCUT2D eigenvalue weighted by atomic mass is 10.0. The van der Waals surface area contributed by atoms with E-state index in [1.807, 2.05) is 4.90 Å². The van der Waals surface area contributed by atoms with E-state index < -0.39 is 0 Å². The first-order valence-corrected chi connectivity index (χ1v) is 6.97. The van der Waals surface area contributed by atoms with Crippen LogP contribution in [0.1, 0.15) is 32.1 Å². The lowest BCUT2D eigenvalue weighted by Gasteiger charge is -2.33. The van der Waals surface area contributed by atoms with Gasteiger partial charge < -0.3 is 20.5 Å². The van der Waals surface area contributed by atoms with Gasteiger partial charge in [0.25, 0.3) is 0 Å². The average molecular weight is 256 g/mol. The van der Waals surface area contributed by atoms with Crippen LogP contribution in [0.15, 0.2) is 0 Å². The van der Waals surface area contributed by atoms with Gasteiger partial charge in [0, 0.05) is 25.0 Å². The number of aliphatic hydroxyl groups is 1. The van der Waals surface area contributed by atoms with Crippen LogP contribution < -0.4 is 5.73 Å². The molecule has 0 spiro atoms. The summed E-state index contributed by atoms with van der Waals surface area (Å²) in [4.78, 5) is 14.2. The second-order valence-corrected chi connectivity index (χ2v) is 5.39. The summed E-state index contributed by atoms with van der Waals surface area (Å²) < 4.78 is 5.49. The first-order valence-electron chi connectivity index (χ1n) is 6.97. The lowest BCUT2D eigenvalue weighted by molar-refractivity contribution is -0.138. The Bertz CT molecular complexity index is 277. The molecule has 1 amide bonds. The minimum Gasteiger partial charge on any atom is -0.394 e. The Labute approximate surface area is 108 Å². The van der Waals surface area contributed by atoms with Crippen molar-refractivity contribution < 1.29 is 14.6 Å². The number of piperidine rings is 1. The van der Waals surface area contributed by atoms with Crippen LogP contribution in [0.3, 0.4) is 0 Å². The number of nitrogens with zero attached hydrogens (tertiary/aromatic N) is 1. The third-order valence-corrected chi connectivity index (χ3v) is 4.02. The maximum Gasteiger partial charge on any atom is 0.225 e. The number of carbonyl (C=O) groups is 1. The highest BCUT2D eigenvalue weighted by atomic mass is 16.5. The SMILES string of the molecule is NC1CCC(C(=O)N2CCC(OCCO)CC2)C1. The zero-order valence-corrected chi connectivity index (χ0v) is 10.9. The molecular formula is C13H24N2O3. The quantitative estimate of drug-likeness (QED) is 0.749. The smallest absolute Gasteiger partial charge is 0.225 e. The highest BCUT2D eigenvalue weighted by Crippen LogP contribution is 2.27. The van der Waals surface area contributed by atoms with Crippen molar-refractivity contribution in [2.75, 3.05) is 26.3 Å². The molecule has 3 N–H and O–H groups in total. The summed E-state index contributed by atoms with van der Waals surface area (Å²) >= 11 is 0. The maximum absolute atomic E-state index is 12.3. The Hall–Kier alpha value is -0.650. The minimum atomic E-state index is 0.0686. The fourth-order valence-electron chi connectivity index (χ4n) is 2.96. The van der Waals surface area contributed by atoms with Crippen LogP contribution in [0.2, 0.25) is 0 Å². The van der Waals surface area contributed by atoms with Crippen molar-refractivity contribution >= 4 is 5.91 Å². The average Bonchev–Trinajstić information content (AvgIpc) is 2.83. The molecule has 0 bridgehead atoms. The number of ether oxygens (including phenoxy) is 1. The summed E-state index contributed by atoms with van der Waals surface area (Å²) in [5, 5.41) is 8.70. The van der Waals surface area contributed by atoms with Crippen molar-refractivity contribution in [3.8, 4) is 0 Å². The van der Waals surface area contributed by atoms with Gasteiger partial charge in [-0.05, 0) is 32.1 Å². The highest BCUT2D eigenvalue weighted by Gasteiger charge is 2.32. The summed E-state index contributed by atoms with van der Waals surface area (Å²) in [7, 11) is 0. The van der Waals surface area contributed by atoms with Gasteiger partial charge in [-0.15, -0.1) is 0 Å². The molecule has 0 radical (unpaired) electrons. The van der Waals surface area contributed by atoms with Crippen LogP contribution in [-0.4, -0.2) is 54.4 Å². The molecule has 2 unspecified atom stereocenters. The second kappa shape index (κ2) is 6.50. The van der Waals surface area contributed by atoms with Gasteiger partial charge in [0.05, 0.1) is 19.3 Å². The monoisotopic (exact) mass is 256 g/mol. The molecule has 5 nitrogen and oxygen atoms in total. The van der Waals surface area contributed by atoms with Gasteiger partial charge in [0.15, 0.2) is 0 Å². The summed E-state index contributed by atoms with van der Waals surface area (Å²) in [6.07, 6.45) is 4.73. The van der Waals surface area contributed by atoms with E-state index in [9.17, 15) is 4.79 Å². The van der Waals surface area contributed by atoms with Crippen LogP contribution >= 0.6 is 0 Å². The van der Waals surface area contributed by atoms with E-state index in [4.69, 9.17) is 15.6 Å². The number of aliphatic hydroxyl groups excluding tert-OH is 1. The van der Waals surface area contributed by atoms with E-state index in [-0.39, 0.29) is 30.6 Å². The van der Waals surface area contributed by atoms with Crippen LogP contribution in [0.5, 0.6) is 0 Å². The Balaban J connectivity index is 1.73. The van der Waals surface area contributed by atoms with Crippen molar-refractivity contribution in [1.29, 1.82) is 0 Å². The van der Waals surface area contributed by atoms with Crippen LogP contribution in [-0.2, 0) is 9.53 Å². The van der Waals surface area contributed by atoms with Gasteiger partial charge in [-0.3, -0.25) is 4.79 Å². The molecular weight excluding hydrogens is 232 g/mol. The van der Waals surface area contributed by atoms with Gasteiger partial charge >= 0.3 is 0 Å². The third kappa shape index (κ3) is 3.43. The number of nitrogens with two attached hydrogens (primary N) is 1. The number of likely N-dealkylation sites (tertiary alicyclic amines) is 1. The number of rotatable bonds is 4. The predicted octanol–water partition coefficient (Wildman–Crippen LogP) is 0.114. The van der Waals surface area contributed by atoms with Crippen LogP contribution in [0, 0.1) is 5.92 Å². The fraction of sp³-hybridized carbons (Fsp3) is 0.923. The van der Waals surface area contributed by atoms with Crippen molar-refractivity contribution in [2.24, 2.45) is 11.7 Å². The third-order valence-electron chi connectivity index (χ3n) is 4.02.